The quantitative estimate of drug-likeness (QED) is 0.300. The van der Waals surface area contributed by atoms with Gasteiger partial charge in [-0.05, 0) is 98.6 Å². The van der Waals surface area contributed by atoms with Crippen LogP contribution in [0, 0.1) is 5.82 Å². The molecule has 0 aliphatic carbocycles. The van der Waals surface area contributed by atoms with Gasteiger partial charge < -0.3 is 15.1 Å². The average molecular weight is 615 g/mol. The summed E-state index contributed by atoms with van der Waals surface area (Å²) < 4.78 is 38.8. The second-order valence-electron chi connectivity index (χ2n) is 10.7. The summed E-state index contributed by atoms with van der Waals surface area (Å²) in [5.74, 6) is -0.254. The van der Waals surface area contributed by atoms with Gasteiger partial charge in [0.1, 0.15) is 5.82 Å². The molecular formula is C32H40ClFN4O3S. The highest BCUT2D eigenvalue weighted by Crippen LogP contribution is 2.24. The molecule has 2 aliphatic rings. The number of halogens is 2. The molecule has 5 rings (SSSR count). The van der Waals surface area contributed by atoms with E-state index >= 15 is 0 Å². The van der Waals surface area contributed by atoms with Crippen LogP contribution >= 0.6 is 11.6 Å². The number of rotatable bonds is 9. The van der Waals surface area contributed by atoms with Crippen LogP contribution in [0.3, 0.4) is 0 Å². The van der Waals surface area contributed by atoms with Gasteiger partial charge in [-0.1, -0.05) is 19.0 Å². The first-order valence-corrected chi connectivity index (χ1v) is 16.0. The topological polar surface area (TPSA) is 73.0 Å². The molecule has 0 aromatic heterocycles. The van der Waals surface area contributed by atoms with Crippen molar-refractivity contribution in [1.29, 1.82) is 0 Å². The zero-order valence-electron chi connectivity index (χ0n) is 23.0. The summed E-state index contributed by atoms with van der Waals surface area (Å²) in [4.78, 5) is 19.8. The van der Waals surface area contributed by atoms with Gasteiger partial charge >= 0.3 is 0 Å². The Balaban J connectivity index is 0.00000405. The van der Waals surface area contributed by atoms with E-state index in [-0.39, 0.29) is 29.2 Å². The molecule has 0 atom stereocenters. The van der Waals surface area contributed by atoms with E-state index in [4.69, 9.17) is 11.6 Å². The first-order chi connectivity index (χ1) is 19.8. The van der Waals surface area contributed by atoms with E-state index in [0.29, 0.717) is 19.5 Å². The van der Waals surface area contributed by atoms with Crippen LogP contribution in [0.1, 0.15) is 33.1 Å². The van der Waals surface area contributed by atoms with Crippen LogP contribution in [-0.4, -0.2) is 76.0 Å². The van der Waals surface area contributed by atoms with E-state index in [0.717, 1.165) is 74.8 Å². The van der Waals surface area contributed by atoms with Crippen LogP contribution in [0.25, 0.3) is 0 Å². The number of benzene rings is 3. The van der Waals surface area contributed by atoms with Crippen molar-refractivity contribution in [3.8, 4) is 0 Å². The minimum Gasteiger partial charge on any atom is -0.382 e. The zero-order valence-corrected chi connectivity index (χ0v) is 24.6. The summed E-state index contributed by atoms with van der Waals surface area (Å²) in [5, 5.41) is 4.22. The van der Waals surface area contributed by atoms with E-state index in [1.165, 1.54) is 17.8 Å². The molecule has 1 N–H and O–H groups in total. The standard InChI is InChI=1S/C31H36ClFN4O3S.CH4/c32-24-3-9-28(10-4-24)36-22-20-35(21-23-36)17-1-2-31(38)37-18-15-27(16-19-37)34-26-7-13-30(14-8-26)41(39,40)29-11-5-25(33)6-12-29;/h3-14,27,34H,1-2,15-23H2;1H4. The normalized spacial score (nSPS) is 16.6. The van der Waals surface area contributed by atoms with Gasteiger partial charge in [-0.3, -0.25) is 9.69 Å². The maximum atomic E-state index is 13.2. The van der Waals surface area contributed by atoms with Gasteiger partial charge in [0, 0.05) is 68.1 Å². The summed E-state index contributed by atoms with van der Waals surface area (Å²) in [7, 11) is -3.70. The second kappa shape index (κ2) is 14.4. The molecule has 10 heteroatoms. The third kappa shape index (κ3) is 8.02. The number of carbonyl (C=O) groups is 1. The third-order valence-electron chi connectivity index (χ3n) is 7.94. The predicted octanol–water partition coefficient (Wildman–Crippen LogP) is 5.95. The number of hydrogen-bond acceptors (Lipinski definition) is 6. The lowest BCUT2D eigenvalue weighted by Gasteiger charge is -2.36. The highest BCUT2D eigenvalue weighted by molar-refractivity contribution is 7.91. The van der Waals surface area contributed by atoms with Crippen LogP contribution in [0.5, 0.6) is 0 Å². The molecule has 3 aromatic carbocycles. The molecule has 226 valence electrons. The SMILES string of the molecule is C.O=C(CCCN1CCN(c2ccc(Cl)cc2)CC1)N1CCC(Nc2ccc(S(=O)(=O)c3ccc(F)cc3)cc2)CC1. The molecule has 0 saturated carbocycles. The first-order valence-electron chi connectivity index (χ1n) is 14.2. The summed E-state index contributed by atoms with van der Waals surface area (Å²) in [6.45, 7) is 6.30. The summed E-state index contributed by atoms with van der Waals surface area (Å²) >= 11 is 6.00. The van der Waals surface area contributed by atoms with Crippen molar-refractivity contribution < 1.29 is 17.6 Å². The van der Waals surface area contributed by atoms with Gasteiger partial charge in [-0.25, -0.2) is 12.8 Å². The van der Waals surface area contributed by atoms with Crippen LogP contribution in [-0.2, 0) is 14.6 Å². The molecule has 2 heterocycles. The van der Waals surface area contributed by atoms with E-state index in [1.54, 1.807) is 24.3 Å². The first kappa shape index (κ1) is 31.8. The minimum absolute atomic E-state index is 0. The lowest BCUT2D eigenvalue weighted by Crippen LogP contribution is -2.47. The van der Waals surface area contributed by atoms with Crippen LogP contribution < -0.4 is 10.2 Å². The molecule has 1 amide bonds. The summed E-state index contributed by atoms with van der Waals surface area (Å²) in [5.41, 5.74) is 2.04. The van der Waals surface area contributed by atoms with E-state index in [9.17, 15) is 17.6 Å². The monoisotopic (exact) mass is 614 g/mol. The Morgan fingerprint density at radius 2 is 1.40 bits per heavy atom. The van der Waals surface area contributed by atoms with Gasteiger partial charge in [0.2, 0.25) is 15.7 Å². The zero-order chi connectivity index (χ0) is 28.8. The molecular weight excluding hydrogens is 575 g/mol. The van der Waals surface area contributed by atoms with Crippen molar-refractivity contribution in [1.82, 2.24) is 9.80 Å². The number of sulfone groups is 1. The van der Waals surface area contributed by atoms with Crippen molar-refractivity contribution in [2.24, 2.45) is 0 Å². The van der Waals surface area contributed by atoms with E-state index in [1.807, 2.05) is 17.0 Å². The highest BCUT2D eigenvalue weighted by atomic mass is 35.5. The molecule has 3 aromatic rings. The Labute approximate surface area is 254 Å². The maximum Gasteiger partial charge on any atom is 0.222 e. The fourth-order valence-electron chi connectivity index (χ4n) is 5.48. The Hall–Kier alpha value is -3.14. The number of piperazine rings is 1. The lowest BCUT2D eigenvalue weighted by atomic mass is 10.0. The predicted molar refractivity (Wildman–Crippen MR) is 168 cm³/mol. The fourth-order valence-corrected chi connectivity index (χ4v) is 6.87. The van der Waals surface area contributed by atoms with Gasteiger partial charge in [0.15, 0.2) is 0 Å². The summed E-state index contributed by atoms with van der Waals surface area (Å²) in [6.07, 6.45) is 3.12. The van der Waals surface area contributed by atoms with Crippen molar-refractivity contribution in [2.75, 3.05) is 56.0 Å². The molecule has 2 aliphatic heterocycles. The van der Waals surface area contributed by atoms with Crippen molar-refractivity contribution in [3.63, 3.8) is 0 Å². The molecule has 0 unspecified atom stereocenters. The Kier molecular flexibility index (Phi) is 10.9. The highest BCUT2D eigenvalue weighted by Gasteiger charge is 2.24. The van der Waals surface area contributed by atoms with Crippen molar-refractivity contribution in [2.45, 2.75) is 48.9 Å². The lowest BCUT2D eigenvalue weighted by molar-refractivity contribution is -0.132. The molecule has 7 nitrogen and oxygen atoms in total. The number of hydrogen-bond donors (Lipinski definition) is 1. The smallest absolute Gasteiger partial charge is 0.222 e. The van der Waals surface area contributed by atoms with Crippen molar-refractivity contribution >= 4 is 38.7 Å². The van der Waals surface area contributed by atoms with Crippen LogP contribution in [0.4, 0.5) is 15.8 Å². The van der Waals surface area contributed by atoms with E-state index in [2.05, 4.69) is 27.2 Å². The van der Waals surface area contributed by atoms with Gasteiger partial charge in [-0.2, -0.15) is 0 Å². The maximum absolute atomic E-state index is 13.2. The number of nitrogens with one attached hydrogen (secondary N) is 1. The molecule has 2 fully saturated rings. The number of likely N-dealkylation sites (tertiary alicyclic amines) is 1. The van der Waals surface area contributed by atoms with Crippen LogP contribution in [0.2, 0.25) is 5.02 Å². The molecule has 0 radical (unpaired) electrons. The number of nitrogens with zero attached hydrogens (tertiary/aromatic N) is 3. The molecule has 0 spiro atoms. The van der Waals surface area contributed by atoms with Gasteiger partial charge in [0.25, 0.3) is 0 Å². The number of piperidine rings is 1. The average Bonchev–Trinajstić information content (AvgIpc) is 2.99. The number of carbonyl (C=O) groups excluding carboxylic acids is 1. The molecule has 0 bridgehead atoms. The Bertz CT molecular complexity index is 1400. The Morgan fingerprint density at radius 3 is 2.00 bits per heavy atom. The van der Waals surface area contributed by atoms with E-state index < -0.39 is 15.7 Å². The molecule has 42 heavy (non-hydrogen) atoms. The van der Waals surface area contributed by atoms with Crippen LogP contribution in [0.15, 0.2) is 82.6 Å². The number of anilines is 2. The summed E-state index contributed by atoms with van der Waals surface area (Å²) in [6, 6.07) is 19.7. The second-order valence-corrected chi connectivity index (χ2v) is 13.1. The van der Waals surface area contributed by atoms with Crippen molar-refractivity contribution in [3.05, 3.63) is 83.6 Å². The van der Waals surface area contributed by atoms with Gasteiger partial charge in [0.05, 0.1) is 9.79 Å². The van der Waals surface area contributed by atoms with Gasteiger partial charge in [-0.15, -0.1) is 0 Å². The number of amides is 1. The largest absolute Gasteiger partial charge is 0.382 e. The third-order valence-corrected chi connectivity index (χ3v) is 9.97. The molecule has 2 saturated heterocycles. The Morgan fingerprint density at radius 1 is 0.833 bits per heavy atom. The minimum atomic E-state index is -3.70. The fraction of sp³-hybridized carbons (Fsp3) is 0.406.